The van der Waals surface area contributed by atoms with Crippen molar-refractivity contribution in [3.05, 3.63) is 46.6 Å². The van der Waals surface area contributed by atoms with E-state index in [1.807, 2.05) is 19.9 Å². The van der Waals surface area contributed by atoms with Crippen LogP contribution in [0.3, 0.4) is 0 Å². The number of hydrogen-bond acceptors (Lipinski definition) is 0. The Morgan fingerprint density at radius 1 is 1.29 bits per heavy atom. The van der Waals surface area contributed by atoms with Crippen molar-refractivity contribution in [1.82, 2.24) is 0 Å². The predicted octanol–water partition coefficient (Wildman–Crippen LogP) is 5.98. The van der Waals surface area contributed by atoms with Gasteiger partial charge in [0.25, 0.3) is 0 Å². The van der Waals surface area contributed by atoms with E-state index in [4.69, 9.17) is 0 Å². The van der Waals surface area contributed by atoms with Gasteiger partial charge in [0.05, 0.1) is 0 Å². The molecule has 0 aromatic carbocycles. The Hall–Kier alpha value is -1.04. The van der Waals surface area contributed by atoms with E-state index in [2.05, 4.69) is 40.3 Å². The molecule has 0 fully saturated rings. The van der Waals surface area contributed by atoms with E-state index in [-0.39, 0.29) is 0 Å². The van der Waals surface area contributed by atoms with Gasteiger partial charge in [-0.05, 0) is 62.3 Å². The Labute approximate surface area is 108 Å². The standard InChI is InChI=1S/C15H22.C2H6/c1-6-12(4)14(7-2)15-9-8-11(3)10-13(15)5;1-2/h6,10H,1,7-9H2,2-5H3;1-2H3/b14-12+;. The molecule has 96 valence electrons. The fraction of sp³-hybridized carbons (Fsp3) is 0.529. The van der Waals surface area contributed by atoms with E-state index in [1.54, 1.807) is 5.57 Å². The fourth-order valence-corrected chi connectivity index (χ4v) is 2.29. The van der Waals surface area contributed by atoms with Crippen LogP contribution < -0.4 is 0 Å². The number of hydrogen-bond donors (Lipinski definition) is 0. The maximum atomic E-state index is 3.87. The minimum atomic E-state index is 1.11. The smallest absolute Gasteiger partial charge is 0.0236 e. The normalized spacial score (nSPS) is 16.7. The molecule has 0 N–H and O–H groups in total. The monoisotopic (exact) mass is 232 g/mol. The third-order valence-electron chi connectivity index (χ3n) is 3.21. The summed E-state index contributed by atoms with van der Waals surface area (Å²) in [7, 11) is 0. The summed E-state index contributed by atoms with van der Waals surface area (Å²) < 4.78 is 0. The molecule has 0 amide bonds. The summed E-state index contributed by atoms with van der Waals surface area (Å²) in [6, 6.07) is 0. The molecule has 0 aromatic heterocycles. The minimum absolute atomic E-state index is 1.11. The molecule has 0 unspecified atom stereocenters. The van der Waals surface area contributed by atoms with Gasteiger partial charge in [0.1, 0.15) is 0 Å². The summed E-state index contributed by atoms with van der Waals surface area (Å²) in [6.07, 6.45) is 7.82. The molecular weight excluding hydrogens is 204 g/mol. The van der Waals surface area contributed by atoms with Gasteiger partial charge < -0.3 is 0 Å². The Morgan fingerprint density at radius 2 is 1.88 bits per heavy atom. The molecule has 0 heteroatoms. The molecule has 0 saturated heterocycles. The highest BCUT2D eigenvalue weighted by Gasteiger charge is 2.12. The summed E-state index contributed by atoms with van der Waals surface area (Å²) in [5, 5.41) is 0. The lowest BCUT2D eigenvalue weighted by molar-refractivity contribution is 0.871. The van der Waals surface area contributed by atoms with Crippen LogP contribution in [-0.2, 0) is 0 Å². The maximum absolute atomic E-state index is 3.87. The van der Waals surface area contributed by atoms with Gasteiger partial charge in [-0.15, -0.1) is 0 Å². The molecule has 0 nitrogen and oxygen atoms in total. The summed E-state index contributed by atoms with van der Waals surface area (Å²) in [6.45, 7) is 16.7. The second kappa shape index (κ2) is 8.11. The molecule has 1 rings (SSSR count). The van der Waals surface area contributed by atoms with E-state index in [0.717, 1.165) is 6.42 Å². The zero-order valence-electron chi connectivity index (χ0n) is 12.5. The lowest BCUT2D eigenvalue weighted by atomic mass is 9.86. The van der Waals surface area contributed by atoms with Gasteiger partial charge in [-0.3, -0.25) is 0 Å². The molecule has 1 aliphatic rings. The largest absolute Gasteiger partial charge is 0.0988 e. The van der Waals surface area contributed by atoms with Gasteiger partial charge in [0.2, 0.25) is 0 Å². The van der Waals surface area contributed by atoms with Crippen molar-refractivity contribution >= 4 is 0 Å². The minimum Gasteiger partial charge on any atom is -0.0988 e. The zero-order chi connectivity index (χ0) is 13.4. The zero-order valence-corrected chi connectivity index (χ0v) is 12.5. The van der Waals surface area contributed by atoms with Crippen LogP contribution in [0.4, 0.5) is 0 Å². The van der Waals surface area contributed by atoms with Crippen LogP contribution in [0.5, 0.6) is 0 Å². The molecule has 0 heterocycles. The van der Waals surface area contributed by atoms with E-state index >= 15 is 0 Å². The van der Waals surface area contributed by atoms with Gasteiger partial charge in [0, 0.05) is 0 Å². The summed E-state index contributed by atoms with van der Waals surface area (Å²) >= 11 is 0. The van der Waals surface area contributed by atoms with E-state index < -0.39 is 0 Å². The molecular formula is C17H28. The van der Waals surface area contributed by atoms with Crippen molar-refractivity contribution in [3.63, 3.8) is 0 Å². The van der Waals surface area contributed by atoms with Crippen molar-refractivity contribution in [3.8, 4) is 0 Å². The van der Waals surface area contributed by atoms with Crippen LogP contribution in [0.1, 0.15) is 60.8 Å². The Bertz CT molecular complexity index is 348. The molecule has 1 aliphatic carbocycles. The molecule has 0 aromatic rings. The Kier molecular flexibility index (Phi) is 7.61. The Morgan fingerprint density at radius 3 is 2.29 bits per heavy atom. The van der Waals surface area contributed by atoms with Crippen LogP contribution in [0.15, 0.2) is 46.6 Å². The summed E-state index contributed by atoms with van der Waals surface area (Å²) in [4.78, 5) is 0. The topological polar surface area (TPSA) is 0 Å². The van der Waals surface area contributed by atoms with Gasteiger partial charge >= 0.3 is 0 Å². The predicted molar refractivity (Wildman–Crippen MR) is 80.2 cm³/mol. The quantitative estimate of drug-likeness (QED) is 0.525. The number of allylic oxidation sites excluding steroid dienone is 7. The molecule has 0 saturated carbocycles. The van der Waals surface area contributed by atoms with Crippen LogP contribution in [0.2, 0.25) is 0 Å². The lowest BCUT2D eigenvalue weighted by Crippen LogP contribution is -2.00. The van der Waals surface area contributed by atoms with E-state index in [9.17, 15) is 0 Å². The van der Waals surface area contributed by atoms with Gasteiger partial charge in [-0.2, -0.15) is 0 Å². The molecule has 0 radical (unpaired) electrons. The third kappa shape index (κ3) is 4.38. The van der Waals surface area contributed by atoms with Crippen molar-refractivity contribution in [2.45, 2.75) is 60.8 Å². The molecule has 0 bridgehead atoms. The number of rotatable bonds is 3. The highest BCUT2D eigenvalue weighted by atomic mass is 14.2. The molecule has 0 spiro atoms. The highest BCUT2D eigenvalue weighted by molar-refractivity contribution is 5.46. The SMILES string of the molecule is C=C/C(C)=C(\CC)C1=C(C)C=C(C)CC1.CC. The van der Waals surface area contributed by atoms with Gasteiger partial charge in [0.15, 0.2) is 0 Å². The first kappa shape index (κ1) is 16.0. The van der Waals surface area contributed by atoms with Crippen molar-refractivity contribution in [1.29, 1.82) is 0 Å². The van der Waals surface area contributed by atoms with Gasteiger partial charge in [-0.1, -0.05) is 45.1 Å². The average Bonchev–Trinajstić information content (AvgIpc) is 2.34. The first-order chi connectivity index (χ1) is 8.10. The van der Waals surface area contributed by atoms with Crippen LogP contribution in [-0.4, -0.2) is 0 Å². The van der Waals surface area contributed by atoms with Gasteiger partial charge in [-0.25, -0.2) is 0 Å². The lowest BCUT2D eigenvalue weighted by Gasteiger charge is -2.20. The molecule has 0 aliphatic heterocycles. The second-order valence-corrected chi connectivity index (χ2v) is 4.37. The van der Waals surface area contributed by atoms with Crippen molar-refractivity contribution in [2.75, 3.05) is 0 Å². The first-order valence-corrected chi connectivity index (χ1v) is 6.79. The van der Waals surface area contributed by atoms with Crippen molar-refractivity contribution in [2.24, 2.45) is 0 Å². The average molecular weight is 232 g/mol. The first-order valence-electron chi connectivity index (χ1n) is 6.79. The summed E-state index contributed by atoms with van der Waals surface area (Å²) in [5.41, 5.74) is 7.31. The van der Waals surface area contributed by atoms with Crippen molar-refractivity contribution < 1.29 is 0 Å². The maximum Gasteiger partial charge on any atom is -0.0236 e. The Balaban J connectivity index is 0.00000121. The van der Waals surface area contributed by atoms with Crippen LogP contribution in [0, 0.1) is 0 Å². The fourth-order valence-electron chi connectivity index (χ4n) is 2.29. The van der Waals surface area contributed by atoms with E-state index in [1.165, 1.54) is 35.1 Å². The second-order valence-electron chi connectivity index (χ2n) is 4.37. The highest BCUT2D eigenvalue weighted by Crippen LogP contribution is 2.32. The third-order valence-corrected chi connectivity index (χ3v) is 3.21. The molecule has 17 heavy (non-hydrogen) atoms. The van der Waals surface area contributed by atoms with Crippen LogP contribution in [0.25, 0.3) is 0 Å². The van der Waals surface area contributed by atoms with Crippen LogP contribution >= 0.6 is 0 Å². The summed E-state index contributed by atoms with van der Waals surface area (Å²) in [5.74, 6) is 0. The molecule has 0 atom stereocenters. The van der Waals surface area contributed by atoms with E-state index in [0.29, 0.717) is 0 Å².